The van der Waals surface area contributed by atoms with E-state index in [0.29, 0.717) is 17.0 Å². The van der Waals surface area contributed by atoms with Crippen molar-refractivity contribution in [2.24, 2.45) is 0 Å². The van der Waals surface area contributed by atoms with Gasteiger partial charge in [-0.2, -0.15) is 0 Å². The van der Waals surface area contributed by atoms with Crippen molar-refractivity contribution < 1.29 is 24.2 Å². The van der Waals surface area contributed by atoms with E-state index >= 15 is 0 Å². The maximum atomic E-state index is 13.4. The van der Waals surface area contributed by atoms with Gasteiger partial charge in [0.1, 0.15) is 17.3 Å². The van der Waals surface area contributed by atoms with E-state index in [9.17, 15) is 14.7 Å². The number of nitrogens with zero attached hydrogens (tertiary/aromatic N) is 1. The zero-order valence-electron chi connectivity index (χ0n) is 19.3. The second kappa shape index (κ2) is 10.0. The topological polar surface area (TPSA) is 76.1 Å². The first-order valence-corrected chi connectivity index (χ1v) is 11.6. The molecule has 0 radical (unpaired) electrons. The summed E-state index contributed by atoms with van der Waals surface area (Å²) in [4.78, 5) is 28.0. The minimum absolute atomic E-state index is 0.0800. The van der Waals surface area contributed by atoms with Crippen LogP contribution in [0.5, 0.6) is 11.5 Å². The van der Waals surface area contributed by atoms with Gasteiger partial charge in [-0.1, -0.05) is 53.5 Å². The Morgan fingerprint density at radius 3 is 2.37 bits per heavy atom. The van der Waals surface area contributed by atoms with E-state index in [2.05, 4.69) is 0 Å². The van der Waals surface area contributed by atoms with E-state index < -0.39 is 23.5 Å². The van der Waals surface area contributed by atoms with Crippen molar-refractivity contribution in [2.75, 3.05) is 12.0 Å². The fraction of sp³-hybridized carbons (Fsp3) is 0.185. The Bertz CT molecular complexity index is 1320. The number of hydrogen-bond donors (Lipinski definition) is 1. The molecule has 1 atom stereocenters. The summed E-state index contributed by atoms with van der Waals surface area (Å²) in [7, 11) is 1.39. The Kier molecular flexibility index (Phi) is 7.05. The molecule has 3 aromatic carbocycles. The lowest BCUT2D eigenvalue weighted by atomic mass is 9.94. The molecule has 1 aliphatic rings. The van der Waals surface area contributed by atoms with E-state index in [0.717, 1.165) is 0 Å². The molecule has 1 unspecified atom stereocenters. The monoisotopic (exact) mass is 511 g/mol. The third-order valence-corrected chi connectivity index (χ3v) is 5.99. The number of amides is 1. The summed E-state index contributed by atoms with van der Waals surface area (Å²) < 4.78 is 11.2. The Morgan fingerprint density at radius 2 is 1.71 bits per heavy atom. The van der Waals surface area contributed by atoms with Crippen LogP contribution in [0.15, 0.2) is 72.3 Å². The van der Waals surface area contributed by atoms with Crippen molar-refractivity contribution in [3.8, 4) is 11.5 Å². The first-order valence-electron chi connectivity index (χ1n) is 10.9. The van der Waals surface area contributed by atoms with E-state index in [1.54, 1.807) is 48.5 Å². The molecule has 0 spiro atoms. The maximum absolute atomic E-state index is 13.4. The molecule has 1 aliphatic heterocycles. The van der Waals surface area contributed by atoms with Gasteiger partial charge in [-0.15, -0.1) is 0 Å². The van der Waals surface area contributed by atoms with Crippen LogP contribution in [0.25, 0.3) is 5.76 Å². The number of rotatable bonds is 6. The minimum atomic E-state index is -0.935. The largest absolute Gasteiger partial charge is 0.507 e. The van der Waals surface area contributed by atoms with Gasteiger partial charge in [0.2, 0.25) is 0 Å². The van der Waals surface area contributed by atoms with Crippen LogP contribution in [0.3, 0.4) is 0 Å². The molecule has 0 saturated carbocycles. The predicted octanol–water partition coefficient (Wildman–Crippen LogP) is 6.42. The quantitative estimate of drug-likeness (QED) is 0.235. The zero-order chi connectivity index (χ0) is 25.3. The Hall–Kier alpha value is -3.48. The van der Waals surface area contributed by atoms with Crippen molar-refractivity contribution in [1.82, 2.24) is 0 Å². The molecule has 1 amide bonds. The Balaban J connectivity index is 1.99. The number of carbonyl (C=O) groups excluding carboxylic acids is 2. The van der Waals surface area contributed by atoms with E-state index in [1.807, 2.05) is 19.9 Å². The van der Waals surface area contributed by atoms with Gasteiger partial charge in [-0.25, -0.2) is 0 Å². The SMILES string of the molecule is COc1c(Cl)cc(Cl)cc1/C(O)=C1\C(=O)C(=O)N(c2ccccc2)C1c1cccc(OC(C)C)c1. The average molecular weight is 512 g/mol. The zero-order valence-corrected chi connectivity index (χ0v) is 20.8. The van der Waals surface area contributed by atoms with Crippen LogP contribution in [0, 0.1) is 0 Å². The van der Waals surface area contributed by atoms with Crippen LogP contribution in [0.2, 0.25) is 10.0 Å². The van der Waals surface area contributed by atoms with Gasteiger partial charge < -0.3 is 14.6 Å². The lowest BCUT2D eigenvalue weighted by Gasteiger charge is -2.26. The van der Waals surface area contributed by atoms with Gasteiger partial charge in [0.05, 0.1) is 35.4 Å². The summed E-state index contributed by atoms with van der Waals surface area (Å²) in [5.74, 6) is -1.35. The molecule has 0 aromatic heterocycles. The van der Waals surface area contributed by atoms with Crippen LogP contribution >= 0.6 is 23.2 Å². The number of para-hydroxylation sites is 1. The number of methoxy groups -OCH3 is 1. The number of benzene rings is 3. The number of aliphatic hydroxyl groups excluding tert-OH is 1. The number of aliphatic hydroxyl groups is 1. The smallest absolute Gasteiger partial charge is 0.300 e. The van der Waals surface area contributed by atoms with Gasteiger partial charge in [0.15, 0.2) is 0 Å². The first kappa shape index (κ1) is 24.6. The molecular weight excluding hydrogens is 489 g/mol. The van der Waals surface area contributed by atoms with Crippen molar-refractivity contribution in [1.29, 1.82) is 0 Å². The molecule has 1 saturated heterocycles. The van der Waals surface area contributed by atoms with Gasteiger partial charge in [-0.3, -0.25) is 14.5 Å². The highest BCUT2D eigenvalue weighted by Crippen LogP contribution is 2.45. The highest BCUT2D eigenvalue weighted by Gasteiger charge is 2.47. The molecule has 8 heteroatoms. The number of ketones is 1. The normalized spacial score (nSPS) is 17.2. The molecule has 1 heterocycles. The maximum Gasteiger partial charge on any atom is 0.300 e. The summed E-state index contributed by atoms with van der Waals surface area (Å²) in [6.07, 6.45) is -0.0800. The highest BCUT2D eigenvalue weighted by molar-refractivity contribution is 6.51. The number of Topliss-reactive ketones (excluding diaryl/α,β-unsaturated/α-hetero) is 1. The van der Waals surface area contributed by atoms with Crippen molar-refractivity contribution in [3.05, 3.63) is 93.5 Å². The summed E-state index contributed by atoms with van der Waals surface area (Å²) in [6, 6.07) is 17.9. The Labute approximate surface area is 213 Å². The molecule has 180 valence electrons. The van der Waals surface area contributed by atoms with Crippen LogP contribution < -0.4 is 14.4 Å². The van der Waals surface area contributed by atoms with Crippen LogP contribution in [0.1, 0.15) is 31.0 Å². The van der Waals surface area contributed by atoms with Crippen LogP contribution in [-0.2, 0) is 9.59 Å². The number of halogens is 2. The van der Waals surface area contributed by atoms with Crippen LogP contribution in [0.4, 0.5) is 5.69 Å². The molecule has 0 aliphatic carbocycles. The van der Waals surface area contributed by atoms with E-state index in [-0.39, 0.29) is 33.0 Å². The van der Waals surface area contributed by atoms with Crippen molar-refractivity contribution in [3.63, 3.8) is 0 Å². The third-order valence-electron chi connectivity index (χ3n) is 5.49. The molecule has 0 bridgehead atoms. The number of ether oxygens (including phenoxy) is 2. The number of hydrogen-bond acceptors (Lipinski definition) is 5. The van der Waals surface area contributed by atoms with Gasteiger partial charge in [0, 0.05) is 10.7 Å². The molecule has 1 fully saturated rings. The minimum Gasteiger partial charge on any atom is -0.507 e. The molecule has 6 nitrogen and oxygen atoms in total. The fourth-order valence-electron chi connectivity index (χ4n) is 4.12. The first-order chi connectivity index (χ1) is 16.7. The predicted molar refractivity (Wildman–Crippen MR) is 136 cm³/mol. The van der Waals surface area contributed by atoms with Crippen molar-refractivity contribution in [2.45, 2.75) is 26.0 Å². The summed E-state index contributed by atoms with van der Waals surface area (Å²) in [6.45, 7) is 3.80. The third kappa shape index (κ3) is 4.72. The molecular formula is C27H23Cl2NO5. The molecule has 4 rings (SSSR count). The highest BCUT2D eigenvalue weighted by atomic mass is 35.5. The number of anilines is 1. The lowest BCUT2D eigenvalue weighted by molar-refractivity contribution is -0.132. The van der Waals surface area contributed by atoms with Crippen LogP contribution in [-0.4, -0.2) is 30.0 Å². The van der Waals surface area contributed by atoms with Crippen molar-refractivity contribution >= 4 is 46.3 Å². The van der Waals surface area contributed by atoms with Gasteiger partial charge >= 0.3 is 0 Å². The fourth-order valence-corrected chi connectivity index (χ4v) is 4.69. The summed E-state index contributed by atoms with van der Waals surface area (Å²) in [5, 5.41) is 11.8. The Morgan fingerprint density at radius 1 is 1.00 bits per heavy atom. The second-order valence-electron chi connectivity index (χ2n) is 8.21. The second-order valence-corrected chi connectivity index (χ2v) is 9.06. The van der Waals surface area contributed by atoms with Gasteiger partial charge in [0.25, 0.3) is 11.7 Å². The standard InChI is InChI=1S/C27H23Cl2NO5/c1-15(2)35-19-11-7-8-16(12-19)23-22(24(31)20-13-17(28)14-21(29)26(20)34-3)25(32)27(33)30(23)18-9-5-4-6-10-18/h4-15,23,31H,1-3H3/b24-22+. The summed E-state index contributed by atoms with van der Waals surface area (Å²) in [5.41, 5.74) is 1.08. The summed E-state index contributed by atoms with van der Waals surface area (Å²) >= 11 is 12.5. The lowest BCUT2D eigenvalue weighted by Crippen LogP contribution is -2.29. The molecule has 3 aromatic rings. The molecule has 1 N–H and O–H groups in total. The average Bonchev–Trinajstić information content (AvgIpc) is 3.09. The number of carbonyl (C=O) groups is 2. The van der Waals surface area contributed by atoms with E-state index in [1.165, 1.54) is 24.1 Å². The molecule has 35 heavy (non-hydrogen) atoms. The van der Waals surface area contributed by atoms with Gasteiger partial charge in [-0.05, 0) is 55.8 Å². The van der Waals surface area contributed by atoms with E-state index in [4.69, 9.17) is 32.7 Å².